The number of rotatable bonds is 4. The quantitative estimate of drug-likeness (QED) is 0.929. The Hall–Kier alpha value is -1.91. The summed E-state index contributed by atoms with van der Waals surface area (Å²) >= 11 is 5.85. The number of amides is 1. The fourth-order valence-corrected chi connectivity index (χ4v) is 2.03. The van der Waals surface area contributed by atoms with Crippen LogP contribution in [0.25, 0.3) is 0 Å². The fourth-order valence-electron chi connectivity index (χ4n) is 1.78. The van der Waals surface area contributed by atoms with Crippen molar-refractivity contribution < 1.29 is 13.9 Å². The highest BCUT2D eigenvalue weighted by Crippen LogP contribution is 2.19. The molecule has 20 heavy (non-hydrogen) atoms. The van der Waals surface area contributed by atoms with Gasteiger partial charge in [0.15, 0.2) is 0 Å². The number of hydrogen-bond acceptors (Lipinski definition) is 2. The van der Waals surface area contributed by atoms with Crippen molar-refractivity contribution in [2.75, 3.05) is 12.4 Å². The first-order valence-corrected chi connectivity index (χ1v) is 6.32. The Morgan fingerprint density at radius 3 is 2.80 bits per heavy atom. The summed E-state index contributed by atoms with van der Waals surface area (Å²) in [5.41, 5.74) is 1.80. The molecule has 0 radical (unpaired) electrons. The molecule has 0 aromatic heterocycles. The number of methoxy groups -OCH3 is 1. The zero-order chi connectivity index (χ0) is 14.5. The van der Waals surface area contributed by atoms with Crippen molar-refractivity contribution in [3.63, 3.8) is 0 Å². The second-order valence-corrected chi connectivity index (χ2v) is 4.62. The van der Waals surface area contributed by atoms with Gasteiger partial charge in [0.05, 0.1) is 17.2 Å². The normalized spacial score (nSPS) is 10.3. The van der Waals surface area contributed by atoms with Gasteiger partial charge in [0.1, 0.15) is 5.82 Å². The number of carbonyl (C=O) groups is 1. The van der Waals surface area contributed by atoms with Crippen LogP contribution in [-0.4, -0.2) is 13.0 Å². The van der Waals surface area contributed by atoms with Gasteiger partial charge in [-0.25, -0.2) is 4.39 Å². The van der Waals surface area contributed by atoms with E-state index in [0.29, 0.717) is 12.3 Å². The zero-order valence-electron chi connectivity index (χ0n) is 10.8. The minimum absolute atomic E-state index is 0.0792. The van der Waals surface area contributed by atoms with Crippen molar-refractivity contribution in [1.82, 2.24) is 0 Å². The first-order chi connectivity index (χ1) is 9.60. The zero-order valence-corrected chi connectivity index (χ0v) is 11.6. The lowest BCUT2D eigenvalue weighted by molar-refractivity contribution is 0.102. The summed E-state index contributed by atoms with van der Waals surface area (Å²) in [5.74, 6) is -0.863. The van der Waals surface area contributed by atoms with Gasteiger partial charge < -0.3 is 10.1 Å². The lowest BCUT2D eigenvalue weighted by Crippen LogP contribution is -2.12. The number of hydrogen-bond donors (Lipinski definition) is 1. The maximum Gasteiger partial charge on any atom is 0.257 e. The summed E-state index contributed by atoms with van der Waals surface area (Å²) in [4.78, 5) is 12.1. The lowest BCUT2D eigenvalue weighted by Gasteiger charge is -2.08. The van der Waals surface area contributed by atoms with Crippen molar-refractivity contribution in [3.8, 4) is 0 Å². The van der Waals surface area contributed by atoms with Crippen molar-refractivity contribution in [2.24, 2.45) is 0 Å². The average Bonchev–Trinajstić information content (AvgIpc) is 2.39. The minimum atomic E-state index is -0.478. The third kappa shape index (κ3) is 3.56. The maximum absolute atomic E-state index is 12.9. The van der Waals surface area contributed by atoms with E-state index in [2.05, 4.69) is 5.32 Å². The molecule has 0 spiro atoms. The molecule has 2 aromatic carbocycles. The standard InChI is InChI=1S/C15H13ClFNO2/c1-20-9-10-3-2-4-12(7-10)18-15(19)13-6-5-11(17)8-14(13)16/h2-8H,9H2,1H3,(H,18,19). The van der Waals surface area contributed by atoms with Crippen LogP contribution < -0.4 is 5.32 Å². The topological polar surface area (TPSA) is 38.3 Å². The molecule has 3 nitrogen and oxygen atoms in total. The van der Waals surface area contributed by atoms with Crippen LogP contribution in [0.2, 0.25) is 5.02 Å². The molecule has 2 rings (SSSR count). The van der Waals surface area contributed by atoms with E-state index < -0.39 is 5.82 Å². The number of anilines is 1. The Bertz CT molecular complexity index is 631. The Morgan fingerprint density at radius 2 is 2.10 bits per heavy atom. The second-order valence-electron chi connectivity index (χ2n) is 4.21. The summed E-state index contributed by atoms with van der Waals surface area (Å²) in [6.07, 6.45) is 0. The number of nitrogens with one attached hydrogen (secondary N) is 1. The first-order valence-electron chi connectivity index (χ1n) is 5.94. The number of ether oxygens (including phenoxy) is 1. The van der Waals surface area contributed by atoms with E-state index in [-0.39, 0.29) is 16.5 Å². The lowest BCUT2D eigenvalue weighted by atomic mass is 10.1. The molecule has 1 N–H and O–H groups in total. The Kier molecular flexibility index (Phi) is 4.71. The molecular formula is C15H13ClFNO2. The first kappa shape index (κ1) is 14.5. The molecule has 0 atom stereocenters. The number of benzene rings is 2. The molecular weight excluding hydrogens is 281 g/mol. The van der Waals surface area contributed by atoms with Gasteiger partial charge in [-0.15, -0.1) is 0 Å². The molecule has 1 amide bonds. The molecule has 0 fully saturated rings. The highest BCUT2D eigenvalue weighted by atomic mass is 35.5. The molecule has 104 valence electrons. The summed E-state index contributed by atoms with van der Waals surface area (Å²) in [6, 6.07) is 10.9. The summed E-state index contributed by atoms with van der Waals surface area (Å²) < 4.78 is 18.0. The Labute approximate surface area is 121 Å². The molecule has 0 aliphatic heterocycles. The highest BCUT2D eigenvalue weighted by Gasteiger charge is 2.11. The predicted molar refractivity (Wildman–Crippen MR) is 76.5 cm³/mol. The average molecular weight is 294 g/mol. The second kappa shape index (κ2) is 6.50. The summed E-state index contributed by atoms with van der Waals surface area (Å²) in [5, 5.41) is 2.80. The van der Waals surface area contributed by atoms with Gasteiger partial charge in [0.25, 0.3) is 5.91 Å². The van der Waals surface area contributed by atoms with Gasteiger partial charge in [0, 0.05) is 12.8 Å². The van der Waals surface area contributed by atoms with Crippen molar-refractivity contribution in [2.45, 2.75) is 6.61 Å². The van der Waals surface area contributed by atoms with Crippen LogP contribution in [0.3, 0.4) is 0 Å². The van der Waals surface area contributed by atoms with Crippen LogP contribution in [0.4, 0.5) is 10.1 Å². The van der Waals surface area contributed by atoms with Gasteiger partial charge in [0.2, 0.25) is 0 Å². The summed E-state index contributed by atoms with van der Waals surface area (Å²) in [7, 11) is 1.60. The van der Waals surface area contributed by atoms with Gasteiger partial charge in [-0.3, -0.25) is 4.79 Å². The van der Waals surface area contributed by atoms with Crippen LogP contribution >= 0.6 is 11.6 Å². The van der Waals surface area contributed by atoms with E-state index in [1.165, 1.54) is 12.1 Å². The van der Waals surface area contributed by atoms with E-state index in [0.717, 1.165) is 11.6 Å². The van der Waals surface area contributed by atoms with Crippen LogP contribution in [0.5, 0.6) is 0 Å². The van der Waals surface area contributed by atoms with Crippen LogP contribution in [-0.2, 0) is 11.3 Å². The maximum atomic E-state index is 12.9. The molecule has 0 unspecified atom stereocenters. The Morgan fingerprint density at radius 1 is 1.30 bits per heavy atom. The monoisotopic (exact) mass is 293 g/mol. The molecule has 5 heteroatoms. The predicted octanol–water partition coefficient (Wildman–Crippen LogP) is 3.88. The van der Waals surface area contributed by atoms with E-state index in [9.17, 15) is 9.18 Å². The fraction of sp³-hybridized carbons (Fsp3) is 0.133. The minimum Gasteiger partial charge on any atom is -0.380 e. The van der Waals surface area contributed by atoms with Crippen molar-refractivity contribution in [3.05, 3.63) is 64.4 Å². The van der Waals surface area contributed by atoms with Crippen LogP contribution in [0.15, 0.2) is 42.5 Å². The molecule has 0 saturated heterocycles. The molecule has 0 bridgehead atoms. The molecule has 0 saturated carbocycles. The van der Waals surface area contributed by atoms with Crippen LogP contribution in [0.1, 0.15) is 15.9 Å². The molecule has 0 heterocycles. The molecule has 2 aromatic rings. The number of halogens is 2. The molecule has 0 aliphatic carbocycles. The van der Waals surface area contributed by atoms with E-state index in [4.69, 9.17) is 16.3 Å². The van der Waals surface area contributed by atoms with Crippen LogP contribution in [0, 0.1) is 5.82 Å². The van der Waals surface area contributed by atoms with E-state index >= 15 is 0 Å². The van der Waals surface area contributed by atoms with Gasteiger partial charge in [-0.05, 0) is 35.9 Å². The molecule has 0 aliphatic rings. The summed E-state index contributed by atoms with van der Waals surface area (Å²) in [6.45, 7) is 0.459. The van der Waals surface area contributed by atoms with Crippen molar-refractivity contribution in [1.29, 1.82) is 0 Å². The van der Waals surface area contributed by atoms with Gasteiger partial charge in [-0.2, -0.15) is 0 Å². The number of carbonyl (C=O) groups excluding carboxylic acids is 1. The smallest absolute Gasteiger partial charge is 0.257 e. The third-order valence-electron chi connectivity index (χ3n) is 2.67. The SMILES string of the molecule is COCc1cccc(NC(=O)c2ccc(F)cc2Cl)c1. The van der Waals surface area contributed by atoms with Gasteiger partial charge in [-0.1, -0.05) is 23.7 Å². The largest absolute Gasteiger partial charge is 0.380 e. The van der Waals surface area contributed by atoms with Gasteiger partial charge >= 0.3 is 0 Å². The Balaban J connectivity index is 2.17. The third-order valence-corrected chi connectivity index (χ3v) is 2.98. The highest BCUT2D eigenvalue weighted by molar-refractivity contribution is 6.34. The van der Waals surface area contributed by atoms with E-state index in [1.807, 2.05) is 12.1 Å². The van der Waals surface area contributed by atoms with Crippen molar-refractivity contribution >= 4 is 23.2 Å². The van der Waals surface area contributed by atoms with E-state index in [1.54, 1.807) is 19.2 Å².